The van der Waals surface area contributed by atoms with Crippen molar-refractivity contribution in [2.75, 3.05) is 18.4 Å². The molecule has 0 atom stereocenters. The van der Waals surface area contributed by atoms with Crippen LogP contribution in [0.5, 0.6) is 0 Å². The second-order valence-corrected chi connectivity index (χ2v) is 7.91. The van der Waals surface area contributed by atoms with E-state index in [0.717, 1.165) is 4.31 Å². The number of aromatic nitrogens is 2. The third kappa shape index (κ3) is 4.44. The summed E-state index contributed by atoms with van der Waals surface area (Å²) in [5, 5.41) is 9.24. The van der Waals surface area contributed by atoms with Crippen molar-refractivity contribution < 1.29 is 17.6 Å². The predicted octanol–water partition coefficient (Wildman–Crippen LogP) is 2.87. The SMILES string of the molecule is CCN(CC(=O)Nc1cc(-c2cccc(F)c2)[nH]n1)S(=O)(=O)c1ccccc1. The molecule has 0 saturated heterocycles. The number of rotatable bonds is 7. The molecule has 0 aliphatic heterocycles. The number of amides is 1. The highest BCUT2D eigenvalue weighted by molar-refractivity contribution is 7.89. The number of carbonyl (C=O) groups is 1. The Morgan fingerprint density at radius 2 is 1.89 bits per heavy atom. The average Bonchev–Trinajstić information content (AvgIpc) is 3.15. The summed E-state index contributed by atoms with van der Waals surface area (Å²) < 4.78 is 39.7. The highest BCUT2D eigenvalue weighted by Crippen LogP contribution is 2.20. The average molecular weight is 402 g/mol. The number of anilines is 1. The van der Waals surface area contributed by atoms with E-state index in [0.29, 0.717) is 11.3 Å². The summed E-state index contributed by atoms with van der Waals surface area (Å²) in [5.41, 5.74) is 1.11. The predicted molar refractivity (Wildman–Crippen MR) is 103 cm³/mol. The minimum atomic E-state index is -3.78. The number of likely N-dealkylation sites (N-methyl/N-ethyl adjacent to an activating group) is 1. The van der Waals surface area contributed by atoms with E-state index in [-0.39, 0.29) is 29.6 Å². The number of aromatic amines is 1. The number of H-pyrrole nitrogens is 1. The summed E-state index contributed by atoms with van der Waals surface area (Å²) in [7, 11) is -3.78. The molecule has 0 aliphatic rings. The molecule has 0 saturated carbocycles. The Bertz CT molecular complexity index is 1070. The number of sulfonamides is 1. The van der Waals surface area contributed by atoms with Crippen LogP contribution >= 0.6 is 0 Å². The van der Waals surface area contributed by atoms with E-state index in [4.69, 9.17) is 0 Å². The first-order valence-electron chi connectivity index (χ1n) is 8.56. The fourth-order valence-electron chi connectivity index (χ4n) is 2.64. The summed E-state index contributed by atoms with van der Waals surface area (Å²) >= 11 is 0. The summed E-state index contributed by atoms with van der Waals surface area (Å²) in [5.74, 6) is -0.696. The molecule has 9 heteroatoms. The van der Waals surface area contributed by atoms with Gasteiger partial charge in [-0.2, -0.15) is 9.40 Å². The van der Waals surface area contributed by atoms with Gasteiger partial charge in [-0.3, -0.25) is 9.89 Å². The lowest BCUT2D eigenvalue weighted by atomic mass is 10.1. The van der Waals surface area contributed by atoms with Gasteiger partial charge in [0.25, 0.3) is 0 Å². The molecule has 0 bridgehead atoms. The number of hydrogen-bond donors (Lipinski definition) is 2. The molecule has 0 radical (unpaired) electrons. The molecule has 7 nitrogen and oxygen atoms in total. The normalized spacial score (nSPS) is 11.5. The molecule has 0 unspecified atom stereocenters. The largest absolute Gasteiger partial charge is 0.308 e. The molecule has 1 aromatic heterocycles. The quantitative estimate of drug-likeness (QED) is 0.635. The molecular formula is C19H19FN4O3S. The molecule has 2 aromatic carbocycles. The van der Waals surface area contributed by atoms with Crippen LogP contribution < -0.4 is 5.32 Å². The second-order valence-electron chi connectivity index (χ2n) is 5.97. The first kappa shape index (κ1) is 19.7. The zero-order valence-corrected chi connectivity index (χ0v) is 15.9. The number of benzene rings is 2. The Morgan fingerprint density at radius 1 is 1.14 bits per heavy atom. The Morgan fingerprint density at radius 3 is 2.57 bits per heavy atom. The van der Waals surface area contributed by atoms with Gasteiger partial charge in [-0.15, -0.1) is 0 Å². The lowest BCUT2D eigenvalue weighted by molar-refractivity contribution is -0.116. The van der Waals surface area contributed by atoms with Gasteiger partial charge in [0.15, 0.2) is 5.82 Å². The van der Waals surface area contributed by atoms with Crippen LogP contribution in [0.2, 0.25) is 0 Å². The van der Waals surface area contributed by atoms with Crippen LogP contribution in [0, 0.1) is 5.82 Å². The first-order chi connectivity index (χ1) is 13.4. The van der Waals surface area contributed by atoms with E-state index in [1.165, 1.54) is 24.3 Å². The molecule has 0 fully saturated rings. The lowest BCUT2D eigenvalue weighted by Crippen LogP contribution is -2.37. The fraction of sp³-hybridized carbons (Fsp3) is 0.158. The van der Waals surface area contributed by atoms with Crippen LogP contribution in [-0.4, -0.2) is 41.9 Å². The van der Waals surface area contributed by atoms with Crippen molar-refractivity contribution in [1.29, 1.82) is 0 Å². The topological polar surface area (TPSA) is 95.2 Å². The maximum atomic E-state index is 13.3. The number of nitrogens with zero attached hydrogens (tertiary/aromatic N) is 2. The number of hydrogen-bond acceptors (Lipinski definition) is 4. The number of nitrogens with one attached hydrogen (secondary N) is 2. The van der Waals surface area contributed by atoms with Gasteiger partial charge in [0.1, 0.15) is 5.82 Å². The van der Waals surface area contributed by atoms with Gasteiger partial charge in [0, 0.05) is 18.2 Å². The van der Waals surface area contributed by atoms with E-state index in [2.05, 4.69) is 15.5 Å². The molecule has 1 amide bonds. The monoisotopic (exact) mass is 402 g/mol. The standard InChI is InChI=1S/C19H19FN4O3S/c1-2-24(28(26,27)16-9-4-3-5-10-16)13-19(25)21-18-12-17(22-23-18)14-7-6-8-15(20)11-14/h3-12H,2,13H2,1H3,(H2,21,22,23,25). The Balaban J connectivity index is 1.70. The van der Waals surface area contributed by atoms with E-state index in [1.807, 2.05) is 0 Å². The van der Waals surface area contributed by atoms with Crippen LogP contribution in [-0.2, 0) is 14.8 Å². The zero-order valence-electron chi connectivity index (χ0n) is 15.1. The van der Waals surface area contributed by atoms with Crippen molar-refractivity contribution in [1.82, 2.24) is 14.5 Å². The molecule has 146 valence electrons. The third-order valence-corrected chi connectivity index (χ3v) is 5.97. The maximum Gasteiger partial charge on any atom is 0.243 e. The van der Waals surface area contributed by atoms with Gasteiger partial charge in [-0.05, 0) is 24.3 Å². The minimum absolute atomic E-state index is 0.123. The zero-order chi connectivity index (χ0) is 20.1. The van der Waals surface area contributed by atoms with Crippen LogP contribution in [0.15, 0.2) is 65.6 Å². The summed E-state index contributed by atoms with van der Waals surface area (Å²) in [4.78, 5) is 12.5. The van der Waals surface area contributed by atoms with Gasteiger partial charge in [0.2, 0.25) is 15.9 Å². The molecule has 3 aromatic rings. The second kappa shape index (κ2) is 8.32. The molecule has 0 aliphatic carbocycles. The van der Waals surface area contributed by atoms with Crippen LogP contribution in [0.4, 0.5) is 10.2 Å². The van der Waals surface area contributed by atoms with E-state index in [9.17, 15) is 17.6 Å². The van der Waals surface area contributed by atoms with Gasteiger partial charge in [0.05, 0.1) is 17.1 Å². The molecular weight excluding hydrogens is 383 g/mol. The fourth-order valence-corrected chi connectivity index (χ4v) is 4.07. The van der Waals surface area contributed by atoms with Crippen molar-refractivity contribution in [3.05, 3.63) is 66.5 Å². The lowest BCUT2D eigenvalue weighted by Gasteiger charge is -2.19. The third-order valence-electron chi connectivity index (χ3n) is 4.03. The molecule has 0 spiro atoms. The number of halogens is 1. The maximum absolute atomic E-state index is 13.3. The molecule has 3 rings (SSSR count). The van der Waals surface area contributed by atoms with Crippen molar-refractivity contribution in [2.24, 2.45) is 0 Å². The Hall–Kier alpha value is -3.04. The van der Waals surface area contributed by atoms with Crippen LogP contribution in [0.25, 0.3) is 11.3 Å². The number of carbonyl (C=O) groups excluding carboxylic acids is 1. The highest BCUT2D eigenvalue weighted by Gasteiger charge is 2.25. The van der Waals surface area contributed by atoms with Gasteiger partial charge in [-0.25, -0.2) is 12.8 Å². The van der Waals surface area contributed by atoms with Crippen molar-refractivity contribution in [3.63, 3.8) is 0 Å². The highest BCUT2D eigenvalue weighted by atomic mass is 32.2. The minimum Gasteiger partial charge on any atom is -0.308 e. The van der Waals surface area contributed by atoms with Crippen molar-refractivity contribution in [2.45, 2.75) is 11.8 Å². The Labute approximate surface area is 162 Å². The van der Waals surface area contributed by atoms with E-state index >= 15 is 0 Å². The summed E-state index contributed by atoms with van der Waals surface area (Å²) in [6.45, 7) is 1.44. The summed E-state index contributed by atoms with van der Waals surface area (Å²) in [6.07, 6.45) is 0. The first-order valence-corrected chi connectivity index (χ1v) is 10.0. The molecule has 1 heterocycles. The van der Waals surface area contributed by atoms with E-state index < -0.39 is 15.9 Å². The molecule has 28 heavy (non-hydrogen) atoms. The Kier molecular flexibility index (Phi) is 5.86. The van der Waals surface area contributed by atoms with E-state index in [1.54, 1.807) is 43.3 Å². The van der Waals surface area contributed by atoms with Crippen LogP contribution in [0.1, 0.15) is 6.92 Å². The van der Waals surface area contributed by atoms with Crippen molar-refractivity contribution in [3.8, 4) is 11.3 Å². The smallest absolute Gasteiger partial charge is 0.243 e. The summed E-state index contributed by atoms with van der Waals surface area (Å²) in [6, 6.07) is 15.4. The van der Waals surface area contributed by atoms with Gasteiger partial charge >= 0.3 is 0 Å². The van der Waals surface area contributed by atoms with Gasteiger partial charge in [-0.1, -0.05) is 37.3 Å². The van der Waals surface area contributed by atoms with Crippen LogP contribution in [0.3, 0.4) is 0 Å². The van der Waals surface area contributed by atoms with Crippen molar-refractivity contribution >= 4 is 21.7 Å². The van der Waals surface area contributed by atoms with Gasteiger partial charge < -0.3 is 5.32 Å². The molecule has 2 N–H and O–H groups in total.